The minimum atomic E-state index is -0.429. The summed E-state index contributed by atoms with van der Waals surface area (Å²) >= 11 is 1.29. The van der Waals surface area contributed by atoms with Crippen molar-refractivity contribution >= 4 is 33.3 Å². The quantitative estimate of drug-likeness (QED) is 0.271. The number of furan rings is 1. The van der Waals surface area contributed by atoms with Crippen LogP contribution in [-0.4, -0.2) is 18.0 Å². The third-order valence-electron chi connectivity index (χ3n) is 5.44. The monoisotopic (exact) mass is 488 g/mol. The SMILES string of the molecule is COc1ccc(OCc2c(C(=O)Nc3ncc(Cc4ccccc4F)s3)oc3ccccc23)cc1. The Morgan fingerprint density at radius 1 is 1.03 bits per heavy atom. The molecule has 0 bridgehead atoms. The van der Waals surface area contributed by atoms with Crippen LogP contribution in [0.1, 0.15) is 26.6 Å². The van der Waals surface area contributed by atoms with Gasteiger partial charge in [-0.25, -0.2) is 9.37 Å². The van der Waals surface area contributed by atoms with Crippen LogP contribution in [0.5, 0.6) is 11.5 Å². The highest BCUT2D eigenvalue weighted by Gasteiger charge is 2.22. The molecule has 1 N–H and O–H groups in total. The van der Waals surface area contributed by atoms with Crippen molar-refractivity contribution in [2.24, 2.45) is 0 Å². The second-order valence-electron chi connectivity index (χ2n) is 7.72. The van der Waals surface area contributed by atoms with Gasteiger partial charge in [-0.05, 0) is 42.0 Å². The summed E-state index contributed by atoms with van der Waals surface area (Å²) in [6, 6.07) is 21.2. The number of hydrogen-bond acceptors (Lipinski definition) is 6. The largest absolute Gasteiger partial charge is 0.497 e. The number of methoxy groups -OCH3 is 1. The summed E-state index contributed by atoms with van der Waals surface area (Å²) in [6.07, 6.45) is 2.03. The van der Waals surface area contributed by atoms with Gasteiger partial charge in [-0.1, -0.05) is 36.4 Å². The average Bonchev–Trinajstić information content (AvgIpc) is 3.48. The first-order valence-corrected chi connectivity index (χ1v) is 11.7. The maximum atomic E-state index is 14.0. The number of amides is 1. The number of rotatable bonds is 8. The molecule has 5 rings (SSSR count). The topological polar surface area (TPSA) is 73.6 Å². The minimum absolute atomic E-state index is 0.141. The summed E-state index contributed by atoms with van der Waals surface area (Å²) < 4.78 is 31.0. The summed E-state index contributed by atoms with van der Waals surface area (Å²) in [7, 11) is 1.60. The van der Waals surface area contributed by atoms with Gasteiger partial charge in [0.05, 0.1) is 7.11 Å². The lowest BCUT2D eigenvalue weighted by Crippen LogP contribution is -2.13. The third kappa shape index (κ3) is 5.02. The van der Waals surface area contributed by atoms with Gasteiger partial charge >= 0.3 is 0 Å². The van der Waals surface area contributed by atoms with Crippen molar-refractivity contribution < 1.29 is 23.1 Å². The first-order valence-electron chi connectivity index (χ1n) is 10.9. The number of fused-ring (bicyclic) bond motifs is 1. The van der Waals surface area contributed by atoms with E-state index in [4.69, 9.17) is 13.9 Å². The fourth-order valence-corrected chi connectivity index (χ4v) is 4.51. The normalized spacial score (nSPS) is 10.9. The van der Waals surface area contributed by atoms with E-state index in [-0.39, 0.29) is 18.2 Å². The van der Waals surface area contributed by atoms with Gasteiger partial charge in [-0.2, -0.15) is 0 Å². The highest BCUT2D eigenvalue weighted by molar-refractivity contribution is 7.15. The van der Waals surface area contributed by atoms with Gasteiger partial charge in [0.1, 0.15) is 29.5 Å². The number of anilines is 1. The zero-order valence-electron chi connectivity index (χ0n) is 18.8. The molecule has 3 aromatic carbocycles. The number of benzene rings is 3. The predicted octanol–water partition coefficient (Wildman–Crippen LogP) is 6.46. The summed E-state index contributed by atoms with van der Waals surface area (Å²) in [6.45, 7) is 0.141. The number of nitrogens with zero attached hydrogens (tertiary/aromatic N) is 1. The van der Waals surface area contributed by atoms with E-state index < -0.39 is 5.91 Å². The Hall–Kier alpha value is -4.17. The van der Waals surface area contributed by atoms with Crippen molar-refractivity contribution in [3.63, 3.8) is 0 Å². The molecule has 1 amide bonds. The first-order chi connectivity index (χ1) is 17.1. The Labute approximate surface area is 205 Å². The number of nitrogens with one attached hydrogen (secondary N) is 1. The van der Waals surface area contributed by atoms with E-state index in [1.807, 2.05) is 18.2 Å². The van der Waals surface area contributed by atoms with Gasteiger partial charge in [0, 0.05) is 28.4 Å². The number of halogens is 1. The lowest BCUT2D eigenvalue weighted by molar-refractivity contribution is 0.0995. The summed E-state index contributed by atoms with van der Waals surface area (Å²) in [5.41, 5.74) is 1.80. The summed E-state index contributed by atoms with van der Waals surface area (Å²) in [4.78, 5) is 18.3. The fourth-order valence-electron chi connectivity index (χ4n) is 3.68. The molecule has 0 fully saturated rings. The number of carbonyl (C=O) groups is 1. The molecule has 0 saturated carbocycles. The standard InChI is InChI=1S/C27H21FN2O4S/c1-32-18-10-12-19(13-11-18)33-16-22-21-7-3-5-9-24(21)34-25(22)26(31)30-27-29-15-20(35-27)14-17-6-2-4-8-23(17)28/h2-13,15H,14,16H2,1H3,(H,29,30,31). The molecule has 0 saturated heterocycles. The molecular formula is C27H21FN2O4S. The highest BCUT2D eigenvalue weighted by atomic mass is 32.1. The molecule has 5 aromatic rings. The van der Waals surface area contributed by atoms with Crippen LogP contribution in [0, 0.1) is 5.82 Å². The predicted molar refractivity (Wildman–Crippen MR) is 133 cm³/mol. The van der Waals surface area contributed by atoms with E-state index in [1.165, 1.54) is 17.4 Å². The van der Waals surface area contributed by atoms with Gasteiger partial charge in [-0.15, -0.1) is 11.3 Å². The van der Waals surface area contributed by atoms with Crippen LogP contribution in [0.4, 0.5) is 9.52 Å². The maximum Gasteiger partial charge on any atom is 0.293 e. The smallest absolute Gasteiger partial charge is 0.293 e. The fraction of sp³-hybridized carbons (Fsp3) is 0.111. The number of hydrogen-bond donors (Lipinski definition) is 1. The molecule has 0 aliphatic rings. The van der Waals surface area contributed by atoms with Crippen molar-refractivity contribution in [1.82, 2.24) is 4.98 Å². The molecule has 2 aromatic heterocycles. The van der Waals surface area contributed by atoms with E-state index in [0.717, 1.165) is 16.0 Å². The molecule has 0 unspecified atom stereocenters. The van der Waals surface area contributed by atoms with Gasteiger partial charge in [-0.3, -0.25) is 10.1 Å². The first kappa shape index (κ1) is 22.6. The van der Waals surface area contributed by atoms with Gasteiger partial charge in [0.25, 0.3) is 5.91 Å². The molecule has 0 aliphatic carbocycles. The van der Waals surface area contributed by atoms with Gasteiger partial charge in [0.2, 0.25) is 0 Å². The van der Waals surface area contributed by atoms with Crippen LogP contribution in [0.15, 0.2) is 83.4 Å². The molecule has 0 aliphatic heterocycles. The Morgan fingerprint density at radius 2 is 1.77 bits per heavy atom. The Bertz CT molecular complexity index is 1480. The number of aromatic nitrogens is 1. The van der Waals surface area contributed by atoms with E-state index in [1.54, 1.807) is 61.8 Å². The molecular weight excluding hydrogens is 467 g/mol. The number of ether oxygens (including phenoxy) is 2. The minimum Gasteiger partial charge on any atom is -0.497 e. The van der Waals surface area contributed by atoms with Crippen LogP contribution >= 0.6 is 11.3 Å². The van der Waals surface area contributed by atoms with Crippen molar-refractivity contribution in [3.05, 3.63) is 107 Å². The van der Waals surface area contributed by atoms with Gasteiger partial charge in [0.15, 0.2) is 10.9 Å². The van der Waals surface area contributed by atoms with Crippen molar-refractivity contribution in [3.8, 4) is 11.5 Å². The summed E-state index contributed by atoms with van der Waals surface area (Å²) in [5, 5.41) is 4.01. The van der Waals surface area contributed by atoms with Crippen molar-refractivity contribution in [1.29, 1.82) is 0 Å². The zero-order chi connectivity index (χ0) is 24.2. The molecule has 0 radical (unpaired) electrons. The third-order valence-corrected chi connectivity index (χ3v) is 6.36. The molecule has 2 heterocycles. The lowest BCUT2D eigenvalue weighted by Gasteiger charge is -2.08. The van der Waals surface area contributed by atoms with E-state index in [2.05, 4.69) is 10.3 Å². The lowest BCUT2D eigenvalue weighted by atomic mass is 10.1. The number of carbonyl (C=O) groups excluding carboxylic acids is 1. The molecule has 176 valence electrons. The molecule has 8 heteroatoms. The molecule has 6 nitrogen and oxygen atoms in total. The van der Waals surface area contributed by atoms with E-state index in [9.17, 15) is 9.18 Å². The molecule has 0 atom stereocenters. The second kappa shape index (κ2) is 9.99. The van der Waals surface area contributed by atoms with E-state index >= 15 is 0 Å². The second-order valence-corrected chi connectivity index (χ2v) is 8.84. The van der Waals surface area contributed by atoms with Crippen LogP contribution in [-0.2, 0) is 13.0 Å². The average molecular weight is 489 g/mol. The van der Waals surface area contributed by atoms with Crippen LogP contribution in [0.2, 0.25) is 0 Å². The van der Waals surface area contributed by atoms with Crippen molar-refractivity contribution in [2.75, 3.05) is 12.4 Å². The molecule has 0 spiro atoms. The van der Waals surface area contributed by atoms with Crippen LogP contribution in [0.3, 0.4) is 0 Å². The number of thiazole rings is 1. The Kier molecular flexibility index (Phi) is 6.45. The Balaban J connectivity index is 1.35. The van der Waals surface area contributed by atoms with E-state index in [0.29, 0.717) is 34.0 Å². The van der Waals surface area contributed by atoms with Crippen molar-refractivity contribution in [2.45, 2.75) is 13.0 Å². The maximum absolute atomic E-state index is 14.0. The van der Waals surface area contributed by atoms with Crippen LogP contribution in [0.25, 0.3) is 11.0 Å². The Morgan fingerprint density at radius 3 is 2.57 bits per heavy atom. The number of para-hydroxylation sites is 1. The highest BCUT2D eigenvalue weighted by Crippen LogP contribution is 2.29. The molecule has 35 heavy (non-hydrogen) atoms. The summed E-state index contributed by atoms with van der Waals surface area (Å²) in [5.74, 6) is 0.825. The zero-order valence-corrected chi connectivity index (χ0v) is 19.6. The van der Waals surface area contributed by atoms with Crippen LogP contribution < -0.4 is 14.8 Å². The van der Waals surface area contributed by atoms with Gasteiger partial charge < -0.3 is 13.9 Å².